The molecular weight excluding hydrogens is 240 g/mol. The van der Waals surface area contributed by atoms with Crippen molar-refractivity contribution in [2.24, 2.45) is 0 Å². The second-order valence-electron chi connectivity index (χ2n) is 4.45. The van der Waals surface area contributed by atoms with Gasteiger partial charge in [-0.25, -0.2) is 4.79 Å². The molecule has 99 valence electrons. The van der Waals surface area contributed by atoms with Gasteiger partial charge in [-0.2, -0.15) is 0 Å². The molecule has 0 bridgehead atoms. The molecule has 0 spiro atoms. The Balaban J connectivity index is 5.11. The lowest BCUT2D eigenvalue weighted by Gasteiger charge is -2.34. The quantitative estimate of drug-likeness (QED) is 0.514. The van der Waals surface area contributed by atoms with E-state index in [-0.39, 0.29) is 18.3 Å². The summed E-state index contributed by atoms with van der Waals surface area (Å²) in [6.07, 6.45) is -0.755. The van der Waals surface area contributed by atoms with Crippen molar-refractivity contribution in [1.82, 2.24) is 0 Å². The summed E-state index contributed by atoms with van der Waals surface area (Å²) in [5, 5.41) is 0. The minimum absolute atomic E-state index is 0.252. The molecule has 0 rings (SSSR count). The number of carbonyl (C=O) groups is 1. The summed E-state index contributed by atoms with van der Waals surface area (Å²) in [4.78, 5) is 11.8. The zero-order chi connectivity index (χ0) is 13.6. The molecule has 0 saturated carbocycles. The topological polar surface area (TPSA) is 54.0 Å². The largest absolute Gasteiger partial charge is 0.510 e. The molecule has 0 aromatic rings. The molecule has 0 aromatic carbocycles. The standard InChI is InChI=1S/C11H21O5Si/c1-7(2)13-11(10(12)16-17,14-8(3)4)15-9(5)6/h7-9H,1-6H3. The van der Waals surface area contributed by atoms with Gasteiger partial charge in [-0.3, -0.25) is 0 Å². The number of carbonyl (C=O) groups excluding carboxylic acids is 1. The minimum Gasteiger partial charge on any atom is -0.510 e. The van der Waals surface area contributed by atoms with Crippen LogP contribution in [-0.2, 0) is 23.4 Å². The van der Waals surface area contributed by atoms with Crippen molar-refractivity contribution in [2.75, 3.05) is 0 Å². The van der Waals surface area contributed by atoms with Gasteiger partial charge in [-0.05, 0) is 41.5 Å². The van der Waals surface area contributed by atoms with Crippen molar-refractivity contribution in [3.8, 4) is 0 Å². The summed E-state index contributed by atoms with van der Waals surface area (Å²) >= 11 is 0. The molecule has 0 fully saturated rings. The molecule has 0 saturated heterocycles. The maximum absolute atomic E-state index is 11.8. The number of hydrogen-bond acceptors (Lipinski definition) is 5. The lowest BCUT2D eigenvalue weighted by Crippen LogP contribution is -2.52. The Labute approximate surface area is 106 Å². The average molecular weight is 261 g/mol. The number of hydrogen-bond donors (Lipinski definition) is 0. The maximum atomic E-state index is 11.8. The Hall–Kier alpha value is -0.433. The zero-order valence-electron chi connectivity index (χ0n) is 11.3. The van der Waals surface area contributed by atoms with E-state index in [0.717, 1.165) is 0 Å². The maximum Gasteiger partial charge on any atom is 0.386 e. The summed E-state index contributed by atoms with van der Waals surface area (Å²) < 4.78 is 20.9. The first-order valence-corrected chi connectivity index (χ1v) is 6.05. The first-order chi connectivity index (χ1) is 7.73. The normalized spacial score (nSPS) is 12.6. The molecular formula is C11H21O5Si. The Morgan fingerprint density at radius 2 is 1.18 bits per heavy atom. The Morgan fingerprint density at radius 3 is 1.35 bits per heavy atom. The fraction of sp³-hybridized carbons (Fsp3) is 0.909. The van der Waals surface area contributed by atoms with Crippen LogP contribution in [0.25, 0.3) is 0 Å². The fourth-order valence-electron chi connectivity index (χ4n) is 1.22. The second-order valence-corrected chi connectivity index (χ2v) is 4.65. The third-order valence-corrected chi connectivity index (χ3v) is 1.70. The van der Waals surface area contributed by atoms with Gasteiger partial charge in [0.25, 0.3) is 0 Å². The monoisotopic (exact) mass is 261 g/mol. The smallest absolute Gasteiger partial charge is 0.386 e. The summed E-state index contributed by atoms with van der Waals surface area (Å²) in [5.41, 5.74) is 0. The highest BCUT2D eigenvalue weighted by molar-refractivity contribution is 6.06. The molecule has 6 heteroatoms. The van der Waals surface area contributed by atoms with Crippen molar-refractivity contribution in [1.29, 1.82) is 0 Å². The Bertz CT molecular complexity index is 213. The van der Waals surface area contributed by atoms with Gasteiger partial charge in [0.1, 0.15) is 0 Å². The molecule has 0 unspecified atom stereocenters. The lowest BCUT2D eigenvalue weighted by molar-refractivity contribution is -0.388. The van der Waals surface area contributed by atoms with Crippen molar-refractivity contribution in [3.05, 3.63) is 0 Å². The molecule has 0 aliphatic carbocycles. The van der Waals surface area contributed by atoms with E-state index in [4.69, 9.17) is 14.2 Å². The lowest BCUT2D eigenvalue weighted by atomic mass is 10.4. The van der Waals surface area contributed by atoms with E-state index in [1.807, 2.05) is 0 Å². The summed E-state index contributed by atoms with van der Waals surface area (Å²) in [5.74, 6) is -2.61. The van der Waals surface area contributed by atoms with E-state index in [2.05, 4.69) is 14.9 Å². The van der Waals surface area contributed by atoms with Gasteiger partial charge in [0, 0.05) is 0 Å². The first kappa shape index (κ1) is 16.6. The molecule has 0 atom stereocenters. The summed E-state index contributed by atoms with van der Waals surface area (Å²) in [6.45, 7) is 10.7. The fourth-order valence-corrected chi connectivity index (χ4v) is 1.35. The highest BCUT2D eigenvalue weighted by Gasteiger charge is 2.46. The first-order valence-electron chi connectivity index (χ1n) is 5.65. The van der Waals surface area contributed by atoms with Crippen LogP contribution in [0.1, 0.15) is 41.5 Å². The molecule has 5 nitrogen and oxygen atoms in total. The van der Waals surface area contributed by atoms with E-state index in [0.29, 0.717) is 0 Å². The molecule has 17 heavy (non-hydrogen) atoms. The molecule has 0 N–H and O–H groups in total. The highest BCUT2D eigenvalue weighted by atomic mass is 28.2. The zero-order valence-corrected chi connectivity index (χ0v) is 12.3. The molecule has 0 amide bonds. The molecule has 0 heterocycles. The third kappa shape index (κ3) is 5.63. The molecule has 3 radical (unpaired) electrons. The van der Waals surface area contributed by atoms with E-state index in [1.54, 1.807) is 41.5 Å². The summed E-state index contributed by atoms with van der Waals surface area (Å²) in [6, 6.07) is 0. The van der Waals surface area contributed by atoms with E-state index < -0.39 is 11.9 Å². The van der Waals surface area contributed by atoms with Gasteiger partial charge in [-0.1, -0.05) is 0 Å². The van der Waals surface area contributed by atoms with Crippen LogP contribution in [0.15, 0.2) is 0 Å². The van der Waals surface area contributed by atoms with Crippen LogP contribution in [-0.4, -0.2) is 40.7 Å². The summed E-state index contributed by atoms with van der Waals surface area (Å²) in [7, 11) is 2.68. The van der Waals surface area contributed by atoms with Crippen molar-refractivity contribution in [2.45, 2.75) is 65.8 Å². The second kappa shape index (κ2) is 7.10. The van der Waals surface area contributed by atoms with Crippen LogP contribution in [0.4, 0.5) is 0 Å². The Morgan fingerprint density at radius 1 is 0.882 bits per heavy atom. The van der Waals surface area contributed by atoms with E-state index in [9.17, 15) is 4.79 Å². The van der Waals surface area contributed by atoms with Gasteiger partial charge in [0.2, 0.25) is 0 Å². The van der Waals surface area contributed by atoms with Crippen LogP contribution in [0.5, 0.6) is 0 Å². The number of rotatable bonds is 7. The van der Waals surface area contributed by atoms with E-state index in [1.165, 1.54) is 0 Å². The van der Waals surface area contributed by atoms with Gasteiger partial charge < -0.3 is 18.6 Å². The van der Waals surface area contributed by atoms with Crippen LogP contribution in [0.2, 0.25) is 0 Å². The van der Waals surface area contributed by atoms with Crippen LogP contribution in [0, 0.1) is 0 Å². The van der Waals surface area contributed by atoms with Crippen LogP contribution < -0.4 is 0 Å². The highest BCUT2D eigenvalue weighted by Crippen LogP contribution is 2.23. The number of ether oxygens (including phenoxy) is 3. The van der Waals surface area contributed by atoms with Gasteiger partial charge >= 0.3 is 22.4 Å². The SMILES string of the molecule is CC(C)OC(OC(C)C)(OC(C)C)C(=O)O[Si]. The third-order valence-electron chi connectivity index (χ3n) is 1.52. The predicted octanol–water partition coefficient (Wildman–Crippen LogP) is 1.54. The Kier molecular flexibility index (Phi) is 6.92. The van der Waals surface area contributed by atoms with Gasteiger partial charge in [-0.15, -0.1) is 0 Å². The van der Waals surface area contributed by atoms with Crippen molar-refractivity contribution < 1.29 is 23.4 Å². The van der Waals surface area contributed by atoms with Crippen molar-refractivity contribution >= 4 is 16.5 Å². The van der Waals surface area contributed by atoms with Gasteiger partial charge in [0.15, 0.2) is 0 Å². The molecule has 0 aliphatic rings. The molecule has 0 aromatic heterocycles. The minimum atomic E-state index is -1.84. The predicted molar refractivity (Wildman–Crippen MR) is 63.2 cm³/mol. The van der Waals surface area contributed by atoms with E-state index >= 15 is 0 Å². The van der Waals surface area contributed by atoms with Crippen LogP contribution in [0.3, 0.4) is 0 Å². The van der Waals surface area contributed by atoms with Crippen molar-refractivity contribution in [3.63, 3.8) is 0 Å². The van der Waals surface area contributed by atoms with Crippen LogP contribution >= 0.6 is 0 Å². The molecule has 0 aliphatic heterocycles. The average Bonchev–Trinajstić information content (AvgIpc) is 2.12. The van der Waals surface area contributed by atoms with Gasteiger partial charge in [0.05, 0.1) is 18.3 Å².